The number of thiazole rings is 1. The van der Waals surface area contributed by atoms with E-state index in [-0.39, 0.29) is 29.7 Å². The van der Waals surface area contributed by atoms with E-state index >= 15 is 0 Å². The third-order valence-electron chi connectivity index (χ3n) is 7.71. The fourth-order valence-corrected chi connectivity index (χ4v) is 6.50. The highest BCUT2D eigenvalue weighted by Crippen LogP contribution is 2.31. The highest BCUT2D eigenvalue weighted by Gasteiger charge is 2.33. The van der Waals surface area contributed by atoms with Gasteiger partial charge in [-0.2, -0.15) is 0 Å². The molecule has 204 valence electrons. The average molecular weight is 541 g/mol. The summed E-state index contributed by atoms with van der Waals surface area (Å²) in [5.74, 6) is 0.617. The number of nitrogens with zero attached hydrogens (tertiary/aromatic N) is 6. The van der Waals surface area contributed by atoms with Crippen LogP contribution in [0.1, 0.15) is 54.0 Å². The van der Waals surface area contributed by atoms with E-state index in [1.165, 1.54) is 11.3 Å². The quantitative estimate of drug-likeness (QED) is 0.538. The lowest BCUT2D eigenvalue weighted by Crippen LogP contribution is -2.54. The maximum Gasteiger partial charge on any atom is 0.320 e. The highest BCUT2D eigenvalue weighted by molar-refractivity contribution is 7.09. The summed E-state index contributed by atoms with van der Waals surface area (Å²) in [6, 6.07) is 6.02. The van der Waals surface area contributed by atoms with Crippen LogP contribution in [-0.4, -0.2) is 102 Å². The van der Waals surface area contributed by atoms with E-state index in [0.717, 1.165) is 49.6 Å². The van der Waals surface area contributed by atoms with E-state index in [0.29, 0.717) is 51.6 Å². The molecule has 3 aliphatic heterocycles. The zero-order valence-corrected chi connectivity index (χ0v) is 22.8. The summed E-state index contributed by atoms with van der Waals surface area (Å²) < 4.78 is 5.16. The van der Waals surface area contributed by atoms with Crippen molar-refractivity contribution < 1.29 is 19.1 Å². The van der Waals surface area contributed by atoms with Crippen LogP contribution in [0.25, 0.3) is 0 Å². The first-order chi connectivity index (χ1) is 18.5. The summed E-state index contributed by atoms with van der Waals surface area (Å²) in [5.41, 5.74) is 0.457. The number of hydrogen-bond acceptors (Lipinski definition) is 8. The molecule has 3 amide bonds. The number of piperazine rings is 1. The van der Waals surface area contributed by atoms with Crippen LogP contribution < -0.4 is 4.90 Å². The number of carbonyl (C=O) groups excluding carboxylic acids is 3. The Morgan fingerprint density at radius 2 is 1.74 bits per heavy atom. The summed E-state index contributed by atoms with van der Waals surface area (Å²) in [4.78, 5) is 55.4. The minimum Gasteiger partial charge on any atom is -0.466 e. The number of carbonyl (C=O) groups is 3. The second-order valence-corrected chi connectivity index (χ2v) is 11.0. The van der Waals surface area contributed by atoms with Crippen LogP contribution in [-0.2, 0) is 9.53 Å². The van der Waals surface area contributed by atoms with Gasteiger partial charge in [-0.15, -0.1) is 11.3 Å². The van der Waals surface area contributed by atoms with Crippen molar-refractivity contribution in [2.75, 3.05) is 63.9 Å². The highest BCUT2D eigenvalue weighted by atomic mass is 32.1. The fourth-order valence-electron chi connectivity index (χ4n) is 5.53. The van der Waals surface area contributed by atoms with Crippen molar-refractivity contribution >= 4 is 35.1 Å². The van der Waals surface area contributed by atoms with Gasteiger partial charge >= 0.3 is 12.0 Å². The van der Waals surface area contributed by atoms with E-state index in [1.807, 2.05) is 33.4 Å². The van der Waals surface area contributed by atoms with Crippen molar-refractivity contribution in [3.05, 3.63) is 40.5 Å². The Labute approximate surface area is 227 Å². The molecule has 3 fully saturated rings. The summed E-state index contributed by atoms with van der Waals surface area (Å²) >= 11 is 1.52. The largest absolute Gasteiger partial charge is 0.466 e. The Bertz CT molecular complexity index is 1110. The van der Waals surface area contributed by atoms with Crippen molar-refractivity contribution in [3.63, 3.8) is 0 Å². The maximum absolute atomic E-state index is 13.1. The van der Waals surface area contributed by atoms with E-state index in [9.17, 15) is 14.4 Å². The van der Waals surface area contributed by atoms with Crippen molar-refractivity contribution in [1.82, 2.24) is 24.7 Å². The SMILES string of the molecule is CCOC(=O)C1CCCN(C(=O)c2csc(C3CCN(C(=O)N4CCN(c5ccccn5)CC4)CC3)n2)C1. The molecule has 0 radical (unpaired) electrons. The molecule has 2 aromatic rings. The summed E-state index contributed by atoms with van der Waals surface area (Å²) in [5, 5.41) is 2.80. The van der Waals surface area contributed by atoms with Crippen LogP contribution in [0.3, 0.4) is 0 Å². The summed E-state index contributed by atoms with van der Waals surface area (Å²) in [7, 11) is 0. The predicted molar refractivity (Wildman–Crippen MR) is 144 cm³/mol. The zero-order chi connectivity index (χ0) is 26.5. The first-order valence-corrected chi connectivity index (χ1v) is 14.5. The predicted octanol–water partition coefficient (Wildman–Crippen LogP) is 3.08. The smallest absolute Gasteiger partial charge is 0.320 e. The molecule has 10 nitrogen and oxygen atoms in total. The number of aromatic nitrogens is 2. The average Bonchev–Trinajstić information content (AvgIpc) is 3.48. The normalized spacial score (nSPS) is 20.9. The van der Waals surface area contributed by atoms with Crippen LogP contribution in [0.5, 0.6) is 0 Å². The second-order valence-electron chi connectivity index (χ2n) is 10.1. The summed E-state index contributed by atoms with van der Waals surface area (Å²) in [6.45, 7) is 7.53. The van der Waals surface area contributed by atoms with Crippen LogP contribution in [0, 0.1) is 5.92 Å². The molecule has 1 unspecified atom stereocenters. The second kappa shape index (κ2) is 12.1. The molecule has 1 atom stereocenters. The van der Waals surface area contributed by atoms with Crippen LogP contribution >= 0.6 is 11.3 Å². The number of likely N-dealkylation sites (tertiary alicyclic amines) is 2. The molecule has 0 spiro atoms. The van der Waals surface area contributed by atoms with Gasteiger partial charge in [-0.25, -0.2) is 14.8 Å². The molecule has 0 N–H and O–H groups in total. The zero-order valence-electron chi connectivity index (χ0n) is 22.0. The number of anilines is 1. The lowest BCUT2D eigenvalue weighted by molar-refractivity contribution is -0.149. The Morgan fingerprint density at radius 3 is 2.45 bits per heavy atom. The van der Waals surface area contributed by atoms with Gasteiger partial charge in [0.05, 0.1) is 17.5 Å². The van der Waals surface area contributed by atoms with Crippen LogP contribution in [0.4, 0.5) is 10.6 Å². The van der Waals surface area contributed by atoms with Gasteiger partial charge in [-0.3, -0.25) is 9.59 Å². The molecule has 3 saturated heterocycles. The third kappa shape index (κ3) is 5.92. The number of esters is 1. The lowest BCUT2D eigenvalue weighted by Gasteiger charge is -2.39. The Hall–Kier alpha value is -3.21. The minimum absolute atomic E-state index is 0.111. The molecule has 3 aliphatic rings. The number of amides is 3. The minimum atomic E-state index is -0.259. The van der Waals surface area contributed by atoms with Crippen molar-refractivity contribution in [3.8, 4) is 0 Å². The number of ether oxygens (including phenoxy) is 1. The molecule has 0 aliphatic carbocycles. The van der Waals surface area contributed by atoms with E-state index in [2.05, 4.69) is 9.88 Å². The van der Waals surface area contributed by atoms with Gasteiger partial charge in [-0.05, 0) is 44.7 Å². The number of piperidine rings is 2. The Kier molecular flexibility index (Phi) is 8.41. The molecule has 38 heavy (non-hydrogen) atoms. The third-order valence-corrected chi connectivity index (χ3v) is 8.72. The van der Waals surface area contributed by atoms with Crippen LogP contribution in [0.2, 0.25) is 0 Å². The molecular formula is C27H36N6O4S. The van der Waals surface area contributed by atoms with E-state index < -0.39 is 0 Å². The van der Waals surface area contributed by atoms with Gasteiger partial charge in [0.2, 0.25) is 0 Å². The number of urea groups is 1. The van der Waals surface area contributed by atoms with E-state index in [4.69, 9.17) is 9.72 Å². The number of hydrogen-bond donors (Lipinski definition) is 0. The monoisotopic (exact) mass is 540 g/mol. The molecule has 0 saturated carbocycles. The summed E-state index contributed by atoms with van der Waals surface area (Å²) in [6.07, 6.45) is 5.03. The van der Waals surface area contributed by atoms with Gasteiger partial charge in [0.1, 0.15) is 11.5 Å². The molecule has 11 heteroatoms. The molecule has 0 bridgehead atoms. The van der Waals surface area contributed by atoms with Gasteiger partial charge in [-0.1, -0.05) is 6.07 Å². The van der Waals surface area contributed by atoms with Crippen LogP contribution in [0.15, 0.2) is 29.8 Å². The Balaban J connectivity index is 1.10. The van der Waals surface area contributed by atoms with E-state index in [1.54, 1.807) is 18.0 Å². The van der Waals surface area contributed by atoms with Gasteiger partial charge in [0, 0.05) is 69.9 Å². The molecule has 5 rings (SSSR count). The molecule has 5 heterocycles. The number of pyridine rings is 1. The Morgan fingerprint density at radius 1 is 0.974 bits per heavy atom. The fraction of sp³-hybridized carbons (Fsp3) is 0.593. The van der Waals surface area contributed by atoms with Gasteiger partial charge in [0.15, 0.2) is 0 Å². The maximum atomic E-state index is 13.1. The first-order valence-electron chi connectivity index (χ1n) is 13.6. The number of rotatable bonds is 5. The van der Waals surface area contributed by atoms with Crippen molar-refractivity contribution in [2.45, 2.75) is 38.5 Å². The molecule has 2 aromatic heterocycles. The van der Waals surface area contributed by atoms with Gasteiger partial charge in [0.25, 0.3) is 5.91 Å². The lowest BCUT2D eigenvalue weighted by atomic mass is 9.97. The van der Waals surface area contributed by atoms with Crippen molar-refractivity contribution in [2.24, 2.45) is 5.92 Å². The van der Waals surface area contributed by atoms with Crippen molar-refractivity contribution in [1.29, 1.82) is 0 Å². The standard InChI is InChI=1S/C27H36N6O4S/c1-2-37-26(35)21-6-5-11-33(18-21)25(34)22-19-38-24(29-22)20-8-12-31(13-9-20)27(36)32-16-14-30(15-17-32)23-7-3-4-10-28-23/h3-4,7,10,19-21H,2,5-6,8-9,11-18H2,1H3. The first kappa shape index (κ1) is 26.4. The topological polar surface area (TPSA) is 99.2 Å². The van der Waals surface area contributed by atoms with Gasteiger partial charge < -0.3 is 24.3 Å². The molecular weight excluding hydrogens is 504 g/mol. The molecule has 0 aromatic carbocycles.